The van der Waals surface area contributed by atoms with Crippen LogP contribution in [0, 0.1) is 0 Å². The van der Waals surface area contributed by atoms with Gasteiger partial charge in [0.2, 0.25) is 10.0 Å². The largest absolute Gasteiger partial charge is 0.395 e. The average molecular weight is 314 g/mol. The first-order valence-corrected chi connectivity index (χ1v) is 8.83. The molecule has 5 nitrogen and oxygen atoms in total. The summed E-state index contributed by atoms with van der Waals surface area (Å²) in [5, 5.41) is 12.3. The summed E-state index contributed by atoms with van der Waals surface area (Å²) in [4.78, 5) is 0.288. The Hall–Kier alpha value is -0.950. The van der Waals surface area contributed by atoms with Gasteiger partial charge in [0, 0.05) is 19.1 Å². The molecule has 0 amide bonds. The Morgan fingerprint density at radius 2 is 2.00 bits per heavy atom. The lowest BCUT2D eigenvalue weighted by molar-refractivity contribution is 0.253. The number of hydrogen-bond acceptors (Lipinski definition) is 4. The van der Waals surface area contributed by atoms with Gasteiger partial charge in [0.15, 0.2) is 0 Å². The highest BCUT2D eigenvalue weighted by Gasteiger charge is 2.24. The van der Waals surface area contributed by atoms with Crippen molar-refractivity contribution in [3.8, 4) is 0 Å². The molecule has 2 N–H and O–H groups in total. The van der Waals surface area contributed by atoms with Crippen molar-refractivity contribution in [2.24, 2.45) is 0 Å². The second-order valence-electron chi connectivity index (χ2n) is 4.95. The van der Waals surface area contributed by atoms with Gasteiger partial charge in [0.05, 0.1) is 11.5 Å². The van der Waals surface area contributed by atoms with Gasteiger partial charge >= 0.3 is 0 Å². The zero-order valence-corrected chi connectivity index (χ0v) is 13.9. The van der Waals surface area contributed by atoms with Gasteiger partial charge < -0.3 is 10.4 Å². The quantitative estimate of drug-likeness (QED) is 0.728. The van der Waals surface area contributed by atoms with Gasteiger partial charge in [-0.15, -0.1) is 0 Å². The number of sulfonamides is 1. The van der Waals surface area contributed by atoms with Crippen LogP contribution >= 0.6 is 0 Å². The van der Waals surface area contributed by atoms with E-state index in [4.69, 9.17) is 5.11 Å². The van der Waals surface area contributed by atoms with Crippen molar-refractivity contribution in [1.29, 1.82) is 0 Å². The third kappa shape index (κ3) is 4.51. The lowest BCUT2D eigenvalue weighted by atomic mass is 10.1. The fraction of sp³-hybridized carbons (Fsp3) is 0.600. The first kappa shape index (κ1) is 18.1. The van der Waals surface area contributed by atoms with E-state index in [-0.39, 0.29) is 24.1 Å². The maximum Gasteiger partial charge on any atom is 0.243 e. The van der Waals surface area contributed by atoms with Crippen LogP contribution in [0.5, 0.6) is 0 Å². The normalized spacial score (nSPS) is 13.6. The molecular formula is C15H26N2O3S. The predicted octanol–water partition coefficient (Wildman–Crippen LogP) is 1.75. The molecule has 0 heterocycles. The molecule has 0 aliphatic heterocycles. The lowest BCUT2D eigenvalue weighted by Gasteiger charge is -2.22. The third-order valence-corrected chi connectivity index (χ3v) is 5.37. The molecule has 6 heteroatoms. The maximum absolute atomic E-state index is 12.7. The first-order valence-electron chi connectivity index (χ1n) is 7.39. The summed E-state index contributed by atoms with van der Waals surface area (Å²) in [6, 6.07) is 7.17. The number of aliphatic hydroxyl groups excluding tert-OH is 1. The van der Waals surface area contributed by atoms with Crippen LogP contribution in [0.2, 0.25) is 0 Å². The van der Waals surface area contributed by atoms with Gasteiger partial charge in [0.1, 0.15) is 0 Å². The van der Waals surface area contributed by atoms with Crippen molar-refractivity contribution in [3.63, 3.8) is 0 Å². The number of nitrogens with one attached hydrogen (secondary N) is 1. The molecule has 120 valence electrons. The van der Waals surface area contributed by atoms with Crippen LogP contribution in [0.4, 0.5) is 0 Å². The van der Waals surface area contributed by atoms with Crippen LogP contribution in [0.3, 0.4) is 0 Å². The minimum Gasteiger partial charge on any atom is -0.395 e. The second-order valence-corrected chi connectivity index (χ2v) is 6.89. The van der Waals surface area contributed by atoms with Gasteiger partial charge in [-0.1, -0.05) is 26.0 Å². The van der Waals surface area contributed by atoms with E-state index in [9.17, 15) is 8.42 Å². The van der Waals surface area contributed by atoms with Gasteiger partial charge in [-0.3, -0.25) is 0 Å². The fourth-order valence-corrected chi connectivity index (χ4v) is 3.94. The summed E-state index contributed by atoms with van der Waals surface area (Å²) in [7, 11) is -1.69. The lowest BCUT2D eigenvalue weighted by Crippen LogP contribution is -2.34. The molecule has 0 saturated carbocycles. The molecule has 1 atom stereocenters. The number of benzene rings is 1. The Balaban J connectivity index is 3.15. The zero-order valence-electron chi connectivity index (χ0n) is 13.0. The number of rotatable bonds is 9. The van der Waals surface area contributed by atoms with Gasteiger partial charge in [-0.2, -0.15) is 4.31 Å². The van der Waals surface area contributed by atoms with Crippen LogP contribution in [0.15, 0.2) is 29.2 Å². The molecular weight excluding hydrogens is 288 g/mol. The molecule has 0 saturated heterocycles. The van der Waals surface area contributed by atoms with E-state index in [0.29, 0.717) is 13.0 Å². The van der Waals surface area contributed by atoms with Crippen LogP contribution in [0.1, 0.15) is 38.3 Å². The van der Waals surface area contributed by atoms with E-state index in [1.807, 2.05) is 20.0 Å². The number of nitrogens with zero attached hydrogens (tertiary/aromatic N) is 1. The molecule has 1 rings (SSSR count). The van der Waals surface area contributed by atoms with Crippen LogP contribution in [-0.4, -0.2) is 44.6 Å². The van der Waals surface area contributed by atoms with Crippen molar-refractivity contribution in [2.75, 3.05) is 26.7 Å². The zero-order chi connectivity index (χ0) is 15.9. The predicted molar refractivity (Wildman–Crippen MR) is 84.7 cm³/mol. The second kappa shape index (κ2) is 8.48. The SMILES string of the molecule is CCCN(CCO)S(=O)(=O)c1cccc(C(CC)NC)c1. The molecule has 21 heavy (non-hydrogen) atoms. The van der Waals surface area contributed by atoms with Crippen molar-refractivity contribution >= 4 is 10.0 Å². The van der Waals surface area contributed by atoms with E-state index in [1.165, 1.54) is 4.31 Å². The number of aliphatic hydroxyl groups is 1. The Kier molecular flexibility index (Phi) is 7.31. The summed E-state index contributed by atoms with van der Waals surface area (Å²) >= 11 is 0. The van der Waals surface area contributed by atoms with Crippen molar-refractivity contribution in [2.45, 2.75) is 37.6 Å². The molecule has 1 aromatic rings. The minimum atomic E-state index is -3.55. The summed E-state index contributed by atoms with van der Waals surface area (Å²) in [5.41, 5.74) is 0.960. The summed E-state index contributed by atoms with van der Waals surface area (Å²) in [6.07, 6.45) is 1.60. The van der Waals surface area contributed by atoms with Crippen LogP contribution < -0.4 is 5.32 Å². The molecule has 1 aromatic carbocycles. The molecule has 0 aliphatic carbocycles. The standard InChI is InChI=1S/C15H26N2O3S/c1-4-9-17(10-11-18)21(19,20)14-8-6-7-13(12-14)15(5-2)16-3/h6-8,12,15-16,18H,4-5,9-11H2,1-3H3. The minimum absolute atomic E-state index is 0.129. The van der Waals surface area contributed by atoms with Crippen LogP contribution in [0.25, 0.3) is 0 Å². The molecule has 0 radical (unpaired) electrons. The van der Waals surface area contributed by atoms with E-state index in [1.54, 1.807) is 18.2 Å². The van der Waals surface area contributed by atoms with Crippen LogP contribution in [-0.2, 0) is 10.0 Å². The molecule has 0 spiro atoms. The summed E-state index contributed by atoms with van der Waals surface area (Å²) in [6.45, 7) is 4.34. The van der Waals surface area contributed by atoms with E-state index in [0.717, 1.165) is 12.0 Å². The smallest absolute Gasteiger partial charge is 0.243 e. The topological polar surface area (TPSA) is 69.6 Å². The Morgan fingerprint density at radius 3 is 2.52 bits per heavy atom. The van der Waals surface area contributed by atoms with Crippen molar-refractivity contribution < 1.29 is 13.5 Å². The summed E-state index contributed by atoms with van der Waals surface area (Å²) in [5.74, 6) is 0. The van der Waals surface area contributed by atoms with Crippen molar-refractivity contribution in [3.05, 3.63) is 29.8 Å². The highest BCUT2D eigenvalue weighted by atomic mass is 32.2. The van der Waals surface area contributed by atoms with E-state index < -0.39 is 10.0 Å². The highest BCUT2D eigenvalue weighted by Crippen LogP contribution is 2.22. The summed E-state index contributed by atoms with van der Waals surface area (Å²) < 4.78 is 26.7. The van der Waals surface area contributed by atoms with Crippen molar-refractivity contribution in [1.82, 2.24) is 9.62 Å². The molecule has 0 fully saturated rings. The number of hydrogen-bond donors (Lipinski definition) is 2. The molecule has 1 unspecified atom stereocenters. The molecule has 0 aromatic heterocycles. The van der Waals surface area contributed by atoms with E-state index in [2.05, 4.69) is 12.2 Å². The van der Waals surface area contributed by atoms with Gasteiger partial charge in [-0.25, -0.2) is 8.42 Å². The highest BCUT2D eigenvalue weighted by molar-refractivity contribution is 7.89. The monoisotopic (exact) mass is 314 g/mol. The fourth-order valence-electron chi connectivity index (χ4n) is 2.36. The average Bonchev–Trinajstić information content (AvgIpc) is 2.48. The Labute approximate surface area is 128 Å². The van der Waals surface area contributed by atoms with Gasteiger partial charge in [0.25, 0.3) is 0 Å². The molecule has 0 bridgehead atoms. The van der Waals surface area contributed by atoms with E-state index >= 15 is 0 Å². The third-order valence-electron chi connectivity index (χ3n) is 3.48. The first-order chi connectivity index (χ1) is 10.0. The maximum atomic E-state index is 12.7. The Bertz CT molecular complexity index is 521. The Morgan fingerprint density at radius 1 is 1.29 bits per heavy atom. The molecule has 0 aliphatic rings. The van der Waals surface area contributed by atoms with Gasteiger partial charge in [-0.05, 0) is 37.6 Å².